The first-order valence-electron chi connectivity index (χ1n) is 5.97. The fourth-order valence-electron chi connectivity index (χ4n) is 2.75. The first-order chi connectivity index (χ1) is 7.78. The molecule has 2 aliphatic heterocycles. The number of sulfone groups is 1. The van der Waals surface area contributed by atoms with Crippen molar-refractivity contribution in [2.24, 2.45) is 10.9 Å². The lowest BCUT2D eigenvalue weighted by molar-refractivity contribution is 0.503. The summed E-state index contributed by atoms with van der Waals surface area (Å²) in [5.74, 6) is 1.52. The van der Waals surface area contributed by atoms with Gasteiger partial charge in [0, 0.05) is 18.5 Å². The fourth-order valence-corrected chi connectivity index (χ4v) is 3.83. The molecule has 0 radical (unpaired) electrons. The zero-order valence-corrected chi connectivity index (χ0v) is 11.7. The van der Waals surface area contributed by atoms with Gasteiger partial charge in [-0.15, -0.1) is 0 Å². The van der Waals surface area contributed by atoms with E-state index in [1.807, 2.05) is 6.92 Å². The van der Waals surface area contributed by atoms with Crippen LogP contribution >= 0.6 is 0 Å². The summed E-state index contributed by atoms with van der Waals surface area (Å²) in [5.41, 5.74) is 2.57. The molecule has 0 spiro atoms. The molecule has 1 unspecified atom stereocenters. The Morgan fingerprint density at radius 1 is 1.41 bits per heavy atom. The quantitative estimate of drug-likeness (QED) is 0.751. The monoisotopic (exact) mass is 256 g/mol. The van der Waals surface area contributed by atoms with Crippen LogP contribution in [0, 0.1) is 5.92 Å². The van der Waals surface area contributed by atoms with Gasteiger partial charge in [0.2, 0.25) is 0 Å². The highest BCUT2D eigenvalue weighted by Crippen LogP contribution is 2.34. The van der Waals surface area contributed by atoms with Crippen molar-refractivity contribution < 1.29 is 8.42 Å². The van der Waals surface area contributed by atoms with E-state index in [1.165, 1.54) is 17.5 Å². The number of nitrogens with zero attached hydrogens (tertiary/aromatic N) is 2. The zero-order chi connectivity index (χ0) is 12.8. The van der Waals surface area contributed by atoms with E-state index in [2.05, 4.69) is 23.7 Å². The molecule has 0 aliphatic carbocycles. The molecular formula is C12H20N2O2S. The van der Waals surface area contributed by atoms with Gasteiger partial charge in [0.25, 0.3) is 0 Å². The average Bonchev–Trinajstić information content (AvgIpc) is 2.56. The maximum absolute atomic E-state index is 11.4. The molecule has 0 aromatic rings. The van der Waals surface area contributed by atoms with Crippen molar-refractivity contribution in [1.82, 2.24) is 4.90 Å². The van der Waals surface area contributed by atoms with Gasteiger partial charge >= 0.3 is 0 Å². The number of hydrogen-bond acceptors (Lipinski definition) is 4. The Bertz CT molecular complexity index is 491. The highest BCUT2D eigenvalue weighted by molar-refractivity contribution is 7.90. The minimum atomic E-state index is -2.89. The van der Waals surface area contributed by atoms with Gasteiger partial charge < -0.3 is 4.90 Å². The molecule has 2 rings (SSSR count). The van der Waals surface area contributed by atoms with Gasteiger partial charge in [0.05, 0.1) is 11.8 Å². The summed E-state index contributed by atoms with van der Waals surface area (Å²) in [5, 5.41) is 0. The third kappa shape index (κ3) is 2.54. The minimum absolute atomic E-state index is 0.213. The van der Waals surface area contributed by atoms with Crippen LogP contribution in [0.15, 0.2) is 16.3 Å². The molecule has 2 aliphatic rings. The number of amidine groups is 1. The van der Waals surface area contributed by atoms with E-state index in [0.29, 0.717) is 0 Å². The molecule has 1 saturated heterocycles. The van der Waals surface area contributed by atoms with E-state index in [4.69, 9.17) is 0 Å². The summed E-state index contributed by atoms with van der Waals surface area (Å²) in [7, 11) is -2.89. The SMILES string of the molecule is CC1=N[C@@H](C)C(C)=C2CC(CS(C)(=O)=O)CN12. The topological polar surface area (TPSA) is 49.7 Å². The molecule has 17 heavy (non-hydrogen) atoms. The standard InChI is InChI=1S/C12H20N2O2S/c1-8-9(2)13-10(3)14-6-11(5-12(8)14)7-17(4,15)16/h9,11H,5-7H2,1-4H3/t9-,11?/m0/s1. The highest BCUT2D eigenvalue weighted by atomic mass is 32.2. The number of rotatable bonds is 2. The Morgan fingerprint density at radius 3 is 2.65 bits per heavy atom. The third-order valence-electron chi connectivity index (χ3n) is 3.64. The van der Waals surface area contributed by atoms with Gasteiger partial charge in [-0.3, -0.25) is 4.99 Å². The smallest absolute Gasteiger partial charge is 0.147 e. The second-order valence-corrected chi connectivity index (χ2v) is 7.44. The molecule has 5 heteroatoms. The minimum Gasteiger partial charge on any atom is -0.334 e. The van der Waals surface area contributed by atoms with E-state index in [-0.39, 0.29) is 17.7 Å². The van der Waals surface area contributed by atoms with E-state index in [0.717, 1.165) is 18.8 Å². The van der Waals surface area contributed by atoms with Crippen molar-refractivity contribution in [3.8, 4) is 0 Å². The largest absolute Gasteiger partial charge is 0.334 e. The first-order valence-corrected chi connectivity index (χ1v) is 8.03. The summed E-state index contributed by atoms with van der Waals surface area (Å²) in [6.07, 6.45) is 2.19. The summed E-state index contributed by atoms with van der Waals surface area (Å²) in [6, 6.07) is 0.234. The zero-order valence-electron chi connectivity index (χ0n) is 10.9. The Morgan fingerprint density at radius 2 is 2.06 bits per heavy atom. The molecule has 0 N–H and O–H groups in total. The van der Waals surface area contributed by atoms with Crippen LogP contribution in [0.3, 0.4) is 0 Å². The predicted octanol–water partition coefficient (Wildman–Crippen LogP) is 1.45. The van der Waals surface area contributed by atoms with Crippen molar-refractivity contribution in [3.63, 3.8) is 0 Å². The second kappa shape index (κ2) is 4.12. The molecule has 2 heterocycles. The molecule has 0 aromatic carbocycles. The lowest BCUT2D eigenvalue weighted by Crippen LogP contribution is -2.32. The maximum atomic E-state index is 11.4. The van der Waals surface area contributed by atoms with Crippen LogP contribution in [-0.4, -0.2) is 43.7 Å². The van der Waals surface area contributed by atoms with Crippen LogP contribution in [0.1, 0.15) is 27.2 Å². The number of fused-ring (bicyclic) bond motifs is 1. The van der Waals surface area contributed by atoms with E-state index in [1.54, 1.807) is 0 Å². The first kappa shape index (κ1) is 12.6. The Hall–Kier alpha value is -0.840. The molecule has 0 amide bonds. The summed E-state index contributed by atoms with van der Waals surface area (Å²) in [6.45, 7) is 6.99. The summed E-state index contributed by atoms with van der Waals surface area (Å²) >= 11 is 0. The van der Waals surface area contributed by atoms with Crippen molar-refractivity contribution in [1.29, 1.82) is 0 Å². The predicted molar refractivity (Wildman–Crippen MR) is 69.8 cm³/mol. The lowest BCUT2D eigenvalue weighted by atomic mass is 10.0. The van der Waals surface area contributed by atoms with Crippen LogP contribution in [-0.2, 0) is 9.84 Å². The number of hydrogen-bond donors (Lipinski definition) is 0. The molecule has 0 aromatic heterocycles. The van der Waals surface area contributed by atoms with E-state index >= 15 is 0 Å². The molecule has 4 nitrogen and oxygen atoms in total. The van der Waals surface area contributed by atoms with Gasteiger partial charge in [-0.25, -0.2) is 8.42 Å². The molecular weight excluding hydrogens is 236 g/mol. The van der Waals surface area contributed by atoms with Crippen LogP contribution in [0.25, 0.3) is 0 Å². The molecule has 2 atom stereocenters. The fraction of sp³-hybridized carbons (Fsp3) is 0.750. The molecule has 0 bridgehead atoms. The highest BCUT2D eigenvalue weighted by Gasteiger charge is 2.34. The van der Waals surface area contributed by atoms with E-state index < -0.39 is 9.84 Å². The molecule has 1 fully saturated rings. The number of allylic oxidation sites excluding steroid dienone is 1. The van der Waals surface area contributed by atoms with Gasteiger partial charge in [-0.2, -0.15) is 0 Å². The van der Waals surface area contributed by atoms with Gasteiger partial charge in [-0.05, 0) is 38.7 Å². The van der Waals surface area contributed by atoms with Crippen molar-refractivity contribution >= 4 is 15.7 Å². The second-order valence-electron chi connectivity index (χ2n) is 5.26. The Kier molecular flexibility index (Phi) is 3.06. The van der Waals surface area contributed by atoms with Crippen LogP contribution in [0.5, 0.6) is 0 Å². The van der Waals surface area contributed by atoms with Crippen LogP contribution in [0.4, 0.5) is 0 Å². The van der Waals surface area contributed by atoms with Crippen molar-refractivity contribution in [2.45, 2.75) is 33.2 Å². The number of aliphatic imine (C=N–C) groups is 1. The molecule has 96 valence electrons. The van der Waals surface area contributed by atoms with Crippen molar-refractivity contribution in [3.05, 3.63) is 11.3 Å². The summed E-state index contributed by atoms with van der Waals surface area (Å²) < 4.78 is 22.7. The third-order valence-corrected chi connectivity index (χ3v) is 4.72. The maximum Gasteiger partial charge on any atom is 0.147 e. The van der Waals surface area contributed by atoms with Crippen molar-refractivity contribution in [2.75, 3.05) is 18.6 Å². The Labute approximate surface area is 103 Å². The normalized spacial score (nSPS) is 29.4. The molecule has 0 saturated carbocycles. The van der Waals surface area contributed by atoms with Gasteiger partial charge in [0.15, 0.2) is 0 Å². The van der Waals surface area contributed by atoms with E-state index in [9.17, 15) is 8.42 Å². The summed E-state index contributed by atoms with van der Waals surface area (Å²) in [4.78, 5) is 6.76. The van der Waals surface area contributed by atoms with Crippen LogP contribution in [0.2, 0.25) is 0 Å². The Balaban J connectivity index is 2.22. The van der Waals surface area contributed by atoms with Gasteiger partial charge in [-0.1, -0.05) is 0 Å². The average molecular weight is 256 g/mol. The lowest BCUT2D eigenvalue weighted by Gasteiger charge is -2.28. The van der Waals surface area contributed by atoms with Crippen LogP contribution < -0.4 is 0 Å². The van der Waals surface area contributed by atoms with Gasteiger partial charge in [0.1, 0.15) is 15.7 Å².